The molecule has 6 heteroatoms. The van der Waals surface area contributed by atoms with Gasteiger partial charge in [0.15, 0.2) is 4.90 Å². The summed E-state index contributed by atoms with van der Waals surface area (Å²) in [5, 5.41) is 1.84. The Balaban J connectivity index is 2.01. The molecule has 0 spiro atoms. The highest BCUT2D eigenvalue weighted by Gasteiger charge is 2.26. The average Bonchev–Trinajstić information content (AvgIpc) is 2.53. The van der Waals surface area contributed by atoms with Crippen LogP contribution in [0.3, 0.4) is 0 Å². The van der Waals surface area contributed by atoms with Gasteiger partial charge in [0.25, 0.3) is 0 Å². The van der Waals surface area contributed by atoms with Crippen LogP contribution in [0.1, 0.15) is 18.5 Å². The molecule has 0 fully saturated rings. The summed E-state index contributed by atoms with van der Waals surface area (Å²) < 4.78 is 54.7. The molecule has 1 atom stereocenters. The quantitative estimate of drug-likeness (QED) is 0.770. The predicted octanol–water partition coefficient (Wildman–Crippen LogP) is 4.16. The zero-order valence-corrected chi connectivity index (χ0v) is 13.6. The van der Waals surface area contributed by atoms with E-state index in [9.17, 15) is 17.2 Å². The SMILES string of the molecule is C[C@H](NS(=O)(=O)c1c(F)cccc1F)c1cccc2ccccc12. The smallest absolute Gasteiger partial charge is 0.207 e. The van der Waals surface area contributed by atoms with E-state index in [0.717, 1.165) is 34.5 Å². The third kappa shape index (κ3) is 3.02. The van der Waals surface area contributed by atoms with E-state index < -0.39 is 32.6 Å². The summed E-state index contributed by atoms with van der Waals surface area (Å²) in [6.07, 6.45) is 0. The zero-order valence-electron chi connectivity index (χ0n) is 12.8. The highest BCUT2D eigenvalue weighted by atomic mass is 32.2. The van der Waals surface area contributed by atoms with Crippen LogP contribution in [0.2, 0.25) is 0 Å². The van der Waals surface area contributed by atoms with Crippen LogP contribution in [0.25, 0.3) is 10.8 Å². The van der Waals surface area contributed by atoms with Crippen LogP contribution in [-0.2, 0) is 10.0 Å². The van der Waals surface area contributed by atoms with Crippen LogP contribution in [0.5, 0.6) is 0 Å². The van der Waals surface area contributed by atoms with Crippen molar-refractivity contribution in [1.82, 2.24) is 4.72 Å². The molecule has 0 saturated heterocycles. The van der Waals surface area contributed by atoms with E-state index in [-0.39, 0.29) is 0 Å². The Bertz CT molecular complexity index is 977. The first-order valence-corrected chi connectivity index (χ1v) is 8.82. The Labute approximate surface area is 139 Å². The minimum absolute atomic E-state index is 0.653. The number of hydrogen-bond donors (Lipinski definition) is 1. The molecule has 3 rings (SSSR count). The van der Waals surface area contributed by atoms with Crippen molar-refractivity contribution < 1.29 is 17.2 Å². The number of halogens is 2. The molecule has 3 aromatic carbocycles. The maximum absolute atomic E-state index is 13.8. The van der Waals surface area contributed by atoms with Crippen LogP contribution in [0.4, 0.5) is 8.78 Å². The molecule has 3 nitrogen and oxygen atoms in total. The average molecular weight is 347 g/mol. The Kier molecular flexibility index (Phi) is 4.34. The minimum atomic E-state index is -4.34. The van der Waals surface area contributed by atoms with E-state index in [1.807, 2.05) is 36.4 Å². The van der Waals surface area contributed by atoms with Crippen LogP contribution >= 0.6 is 0 Å². The molecule has 1 N–H and O–H groups in total. The number of nitrogens with one attached hydrogen (secondary N) is 1. The van der Waals surface area contributed by atoms with Gasteiger partial charge in [-0.1, -0.05) is 48.5 Å². The summed E-state index contributed by atoms with van der Waals surface area (Å²) in [6, 6.07) is 15.3. The molecular formula is C18H15F2NO2S. The minimum Gasteiger partial charge on any atom is -0.207 e. The molecule has 3 aromatic rings. The standard InChI is InChI=1S/C18H15F2NO2S/c1-12(14-9-4-7-13-6-2-3-8-15(13)14)21-24(22,23)18-16(19)10-5-11-17(18)20/h2-12,21H,1H3/t12-/m0/s1. The normalized spacial score (nSPS) is 13.1. The predicted molar refractivity (Wildman–Crippen MR) is 89.0 cm³/mol. The molecule has 124 valence electrons. The summed E-state index contributed by atoms with van der Waals surface area (Å²) in [5.74, 6) is -2.24. The molecule has 0 aliphatic rings. The van der Waals surface area contributed by atoms with Gasteiger partial charge < -0.3 is 0 Å². The van der Waals surface area contributed by atoms with Crippen molar-refractivity contribution in [2.45, 2.75) is 17.9 Å². The van der Waals surface area contributed by atoms with Crippen LogP contribution in [0.15, 0.2) is 65.6 Å². The third-order valence-electron chi connectivity index (χ3n) is 3.81. The van der Waals surface area contributed by atoms with Crippen molar-refractivity contribution in [2.75, 3.05) is 0 Å². The lowest BCUT2D eigenvalue weighted by Gasteiger charge is -2.17. The first-order valence-electron chi connectivity index (χ1n) is 7.34. The number of benzene rings is 3. The van der Waals surface area contributed by atoms with Gasteiger partial charge in [0.2, 0.25) is 10.0 Å². The fourth-order valence-corrected chi connectivity index (χ4v) is 4.08. The Morgan fingerprint density at radius 3 is 2.17 bits per heavy atom. The van der Waals surface area contributed by atoms with Gasteiger partial charge in [-0.3, -0.25) is 0 Å². The molecule has 0 unspecified atom stereocenters. The molecule has 0 aliphatic heterocycles. The van der Waals surface area contributed by atoms with Crippen molar-refractivity contribution in [1.29, 1.82) is 0 Å². The summed E-state index contributed by atoms with van der Waals surface area (Å²) in [7, 11) is -4.34. The Morgan fingerprint density at radius 2 is 1.46 bits per heavy atom. The van der Waals surface area contributed by atoms with E-state index in [4.69, 9.17) is 0 Å². The molecule has 0 saturated carbocycles. The van der Waals surface area contributed by atoms with Gasteiger partial charge in [-0.05, 0) is 35.4 Å². The van der Waals surface area contributed by atoms with E-state index in [1.54, 1.807) is 13.0 Å². The van der Waals surface area contributed by atoms with Gasteiger partial charge in [-0.2, -0.15) is 0 Å². The molecular weight excluding hydrogens is 332 g/mol. The monoisotopic (exact) mass is 347 g/mol. The third-order valence-corrected chi connectivity index (χ3v) is 5.40. The molecule has 0 radical (unpaired) electrons. The van der Waals surface area contributed by atoms with Gasteiger partial charge in [0, 0.05) is 6.04 Å². The second-order valence-corrected chi connectivity index (χ2v) is 7.11. The van der Waals surface area contributed by atoms with E-state index in [2.05, 4.69) is 4.72 Å². The first kappa shape index (κ1) is 16.5. The number of hydrogen-bond acceptors (Lipinski definition) is 2. The van der Waals surface area contributed by atoms with Crippen LogP contribution < -0.4 is 4.72 Å². The largest absolute Gasteiger partial charge is 0.246 e. The summed E-state index contributed by atoms with van der Waals surface area (Å²) in [6.45, 7) is 1.64. The van der Waals surface area contributed by atoms with Gasteiger partial charge in [-0.25, -0.2) is 21.9 Å². The highest BCUT2D eigenvalue weighted by Crippen LogP contribution is 2.26. The molecule has 0 amide bonds. The lowest BCUT2D eigenvalue weighted by molar-refractivity contribution is 0.509. The van der Waals surface area contributed by atoms with Crippen LogP contribution in [0, 0.1) is 11.6 Å². The summed E-state index contributed by atoms with van der Waals surface area (Å²) in [4.78, 5) is -0.961. The summed E-state index contributed by atoms with van der Waals surface area (Å²) in [5.41, 5.74) is 0.730. The lowest BCUT2D eigenvalue weighted by Crippen LogP contribution is -2.28. The maximum atomic E-state index is 13.8. The molecule has 0 heterocycles. The van der Waals surface area contributed by atoms with Crippen LogP contribution in [-0.4, -0.2) is 8.42 Å². The van der Waals surface area contributed by atoms with E-state index in [0.29, 0.717) is 0 Å². The number of sulfonamides is 1. The Morgan fingerprint density at radius 1 is 0.875 bits per heavy atom. The van der Waals surface area contributed by atoms with E-state index in [1.165, 1.54) is 0 Å². The fraction of sp³-hybridized carbons (Fsp3) is 0.111. The van der Waals surface area contributed by atoms with Gasteiger partial charge in [0.1, 0.15) is 11.6 Å². The second kappa shape index (κ2) is 6.30. The lowest BCUT2D eigenvalue weighted by atomic mass is 10.0. The maximum Gasteiger partial charge on any atom is 0.246 e. The Hall–Kier alpha value is -2.31. The highest BCUT2D eigenvalue weighted by molar-refractivity contribution is 7.89. The topological polar surface area (TPSA) is 46.2 Å². The molecule has 0 bridgehead atoms. The number of rotatable bonds is 4. The molecule has 24 heavy (non-hydrogen) atoms. The van der Waals surface area contributed by atoms with Crippen molar-refractivity contribution >= 4 is 20.8 Å². The first-order chi connectivity index (χ1) is 11.4. The van der Waals surface area contributed by atoms with Crippen molar-refractivity contribution in [3.8, 4) is 0 Å². The van der Waals surface area contributed by atoms with Gasteiger partial charge >= 0.3 is 0 Å². The molecule has 0 aromatic heterocycles. The van der Waals surface area contributed by atoms with Gasteiger partial charge in [-0.15, -0.1) is 0 Å². The zero-order chi connectivity index (χ0) is 17.3. The number of fused-ring (bicyclic) bond motifs is 1. The van der Waals surface area contributed by atoms with Gasteiger partial charge in [0.05, 0.1) is 0 Å². The fourth-order valence-electron chi connectivity index (χ4n) is 2.72. The van der Waals surface area contributed by atoms with Crippen molar-refractivity contribution in [2.24, 2.45) is 0 Å². The summed E-state index contributed by atoms with van der Waals surface area (Å²) >= 11 is 0. The van der Waals surface area contributed by atoms with Crippen molar-refractivity contribution in [3.63, 3.8) is 0 Å². The van der Waals surface area contributed by atoms with E-state index >= 15 is 0 Å². The van der Waals surface area contributed by atoms with Crippen molar-refractivity contribution in [3.05, 3.63) is 77.9 Å². The molecule has 0 aliphatic carbocycles. The second-order valence-electron chi connectivity index (χ2n) is 5.46.